The molecule has 0 spiro atoms. The molecule has 0 fully saturated rings. The lowest BCUT2D eigenvalue weighted by Gasteiger charge is -2.21. The second-order valence-corrected chi connectivity index (χ2v) is 5.36. The molecule has 1 aromatic carbocycles. The number of carbonyl (C=O) groups excluding carboxylic acids is 1. The van der Waals surface area contributed by atoms with Gasteiger partial charge in [0.1, 0.15) is 12.4 Å². The number of rotatable bonds is 6. The van der Waals surface area contributed by atoms with E-state index in [1.807, 2.05) is 0 Å². The fourth-order valence-electron chi connectivity index (χ4n) is 1.70. The molecule has 0 saturated carbocycles. The Balaban J connectivity index is 0.00000484. The highest BCUT2D eigenvalue weighted by Crippen LogP contribution is 2.35. The van der Waals surface area contributed by atoms with Crippen molar-refractivity contribution < 1.29 is 22.7 Å². The molecule has 23 heavy (non-hydrogen) atoms. The third kappa shape index (κ3) is 6.66. The van der Waals surface area contributed by atoms with Crippen LogP contribution in [0.25, 0.3) is 0 Å². The molecule has 3 unspecified atom stereocenters. The number of hydrogen-bond acceptors (Lipinski definition) is 3. The van der Waals surface area contributed by atoms with Gasteiger partial charge in [-0.2, -0.15) is 13.2 Å². The minimum Gasteiger partial charge on any atom is -0.491 e. The van der Waals surface area contributed by atoms with Gasteiger partial charge in [0.15, 0.2) is 0 Å². The quantitative estimate of drug-likeness (QED) is 0.825. The van der Waals surface area contributed by atoms with Crippen molar-refractivity contribution >= 4 is 18.3 Å². The minimum atomic E-state index is -4.48. The molecule has 0 aliphatic rings. The normalized spacial score (nSPS) is 15.1. The summed E-state index contributed by atoms with van der Waals surface area (Å²) in [5.41, 5.74) is 4.79. The summed E-state index contributed by atoms with van der Waals surface area (Å²) in [6.45, 7) is 4.99. The Bertz CT molecular complexity index is 510. The Hall–Kier alpha value is -1.47. The van der Waals surface area contributed by atoms with Crippen molar-refractivity contribution in [2.24, 2.45) is 11.7 Å². The highest BCUT2D eigenvalue weighted by Gasteiger charge is 2.34. The first-order valence-corrected chi connectivity index (χ1v) is 6.98. The number of carbonyl (C=O) groups is 1. The molecular weight excluding hydrogens is 333 g/mol. The van der Waals surface area contributed by atoms with Crippen molar-refractivity contribution in [3.63, 3.8) is 0 Å². The summed E-state index contributed by atoms with van der Waals surface area (Å²) in [4.78, 5) is 11.8. The number of nitrogens with one attached hydrogen (secondary N) is 1. The maximum Gasteiger partial charge on any atom is 0.419 e. The zero-order chi connectivity index (χ0) is 16.9. The van der Waals surface area contributed by atoms with E-state index in [2.05, 4.69) is 5.32 Å². The Morgan fingerprint density at radius 1 is 1.26 bits per heavy atom. The standard InChI is InChI=1S/C15H21F3N2O2.ClH/c1-9(20-14(21)10(2)11(3)19)8-22-13-7-5-4-6-12(13)15(16,17)18;/h4-7,9-11H,8,19H2,1-3H3,(H,20,21);1H. The summed E-state index contributed by atoms with van der Waals surface area (Å²) in [6, 6.07) is 4.23. The largest absolute Gasteiger partial charge is 0.491 e. The first-order chi connectivity index (χ1) is 10.1. The van der Waals surface area contributed by atoms with Crippen LogP contribution in [0.4, 0.5) is 13.2 Å². The molecule has 0 aromatic heterocycles. The SMILES string of the molecule is CC(COc1ccccc1C(F)(F)F)NC(=O)C(C)C(C)N.Cl. The second kappa shape index (κ2) is 8.98. The molecule has 0 radical (unpaired) electrons. The summed E-state index contributed by atoms with van der Waals surface area (Å²) in [5.74, 6) is -0.892. The van der Waals surface area contributed by atoms with E-state index in [4.69, 9.17) is 10.5 Å². The van der Waals surface area contributed by atoms with Crippen molar-refractivity contribution in [2.75, 3.05) is 6.61 Å². The van der Waals surface area contributed by atoms with Crippen LogP contribution in [-0.4, -0.2) is 24.6 Å². The van der Waals surface area contributed by atoms with Crippen LogP contribution in [0.3, 0.4) is 0 Å². The van der Waals surface area contributed by atoms with Gasteiger partial charge >= 0.3 is 6.18 Å². The molecular formula is C15H22ClF3N2O2. The van der Waals surface area contributed by atoms with Crippen molar-refractivity contribution in [3.05, 3.63) is 29.8 Å². The van der Waals surface area contributed by atoms with E-state index in [1.165, 1.54) is 18.2 Å². The summed E-state index contributed by atoms with van der Waals surface area (Å²) in [7, 11) is 0. The number of nitrogens with two attached hydrogens (primary N) is 1. The maximum absolute atomic E-state index is 12.8. The Morgan fingerprint density at radius 2 is 1.83 bits per heavy atom. The molecule has 0 aliphatic carbocycles. The number of alkyl halides is 3. The van der Waals surface area contributed by atoms with E-state index in [1.54, 1.807) is 20.8 Å². The second-order valence-electron chi connectivity index (χ2n) is 5.36. The topological polar surface area (TPSA) is 64.3 Å². The van der Waals surface area contributed by atoms with Crippen LogP contribution < -0.4 is 15.8 Å². The average molecular weight is 355 g/mol. The molecule has 0 saturated heterocycles. The predicted octanol–water partition coefficient (Wildman–Crippen LogP) is 2.99. The molecule has 0 bridgehead atoms. The first kappa shape index (κ1) is 21.5. The number of benzene rings is 1. The Morgan fingerprint density at radius 3 is 2.35 bits per heavy atom. The van der Waals surface area contributed by atoms with Gasteiger partial charge < -0.3 is 15.8 Å². The molecule has 1 rings (SSSR count). The molecule has 3 atom stereocenters. The number of halogens is 4. The lowest BCUT2D eigenvalue weighted by atomic mass is 10.0. The van der Waals surface area contributed by atoms with Gasteiger partial charge in [-0.1, -0.05) is 19.1 Å². The van der Waals surface area contributed by atoms with E-state index in [0.29, 0.717) is 0 Å². The molecule has 3 N–H and O–H groups in total. The zero-order valence-corrected chi connectivity index (χ0v) is 14.0. The smallest absolute Gasteiger partial charge is 0.419 e. The highest BCUT2D eigenvalue weighted by molar-refractivity contribution is 5.85. The number of amides is 1. The fraction of sp³-hybridized carbons (Fsp3) is 0.533. The van der Waals surface area contributed by atoms with Crippen LogP contribution in [0, 0.1) is 5.92 Å². The summed E-state index contributed by atoms with van der Waals surface area (Å²) < 4.78 is 43.6. The van der Waals surface area contributed by atoms with E-state index < -0.39 is 17.8 Å². The van der Waals surface area contributed by atoms with E-state index >= 15 is 0 Å². The van der Waals surface area contributed by atoms with Gasteiger partial charge in [-0.3, -0.25) is 4.79 Å². The third-order valence-corrected chi connectivity index (χ3v) is 3.27. The van der Waals surface area contributed by atoms with E-state index in [9.17, 15) is 18.0 Å². The van der Waals surface area contributed by atoms with Crippen molar-refractivity contribution in [1.82, 2.24) is 5.32 Å². The maximum atomic E-state index is 12.8. The lowest BCUT2D eigenvalue weighted by Crippen LogP contribution is -2.44. The van der Waals surface area contributed by atoms with Crippen LogP contribution in [0.2, 0.25) is 0 Å². The van der Waals surface area contributed by atoms with E-state index in [0.717, 1.165) is 6.07 Å². The van der Waals surface area contributed by atoms with Crippen LogP contribution in [0.15, 0.2) is 24.3 Å². The first-order valence-electron chi connectivity index (χ1n) is 6.98. The van der Waals surface area contributed by atoms with Gasteiger partial charge in [-0.15, -0.1) is 12.4 Å². The summed E-state index contributed by atoms with van der Waals surface area (Å²) >= 11 is 0. The van der Waals surface area contributed by atoms with Crippen LogP contribution in [-0.2, 0) is 11.0 Å². The van der Waals surface area contributed by atoms with Gasteiger partial charge in [0.25, 0.3) is 0 Å². The Labute approximate surface area is 140 Å². The molecule has 0 aliphatic heterocycles. The predicted molar refractivity (Wildman–Crippen MR) is 84.6 cm³/mol. The fourth-order valence-corrected chi connectivity index (χ4v) is 1.70. The third-order valence-electron chi connectivity index (χ3n) is 3.27. The van der Waals surface area contributed by atoms with Crippen LogP contribution in [0.1, 0.15) is 26.3 Å². The zero-order valence-electron chi connectivity index (χ0n) is 13.2. The number of ether oxygens (including phenoxy) is 1. The van der Waals surface area contributed by atoms with Crippen molar-refractivity contribution in [1.29, 1.82) is 0 Å². The van der Waals surface area contributed by atoms with Crippen LogP contribution in [0.5, 0.6) is 5.75 Å². The monoisotopic (exact) mass is 354 g/mol. The number of hydrogen-bond donors (Lipinski definition) is 2. The van der Waals surface area contributed by atoms with Gasteiger partial charge in [-0.25, -0.2) is 0 Å². The minimum absolute atomic E-state index is 0. The summed E-state index contributed by atoms with van der Waals surface area (Å²) in [6.07, 6.45) is -4.48. The van der Waals surface area contributed by atoms with Gasteiger partial charge in [0, 0.05) is 12.0 Å². The van der Waals surface area contributed by atoms with Gasteiger partial charge in [0.2, 0.25) is 5.91 Å². The Kier molecular flexibility index (Phi) is 8.41. The molecule has 1 aromatic rings. The average Bonchev–Trinajstić information content (AvgIpc) is 2.43. The van der Waals surface area contributed by atoms with Crippen LogP contribution >= 0.6 is 12.4 Å². The van der Waals surface area contributed by atoms with Crippen molar-refractivity contribution in [3.8, 4) is 5.75 Å². The lowest BCUT2D eigenvalue weighted by molar-refractivity contribution is -0.139. The molecule has 0 heterocycles. The molecule has 8 heteroatoms. The van der Waals surface area contributed by atoms with E-state index in [-0.39, 0.29) is 42.6 Å². The molecule has 4 nitrogen and oxygen atoms in total. The summed E-state index contributed by atoms with van der Waals surface area (Å²) in [5, 5.41) is 2.66. The van der Waals surface area contributed by atoms with Crippen molar-refractivity contribution in [2.45, 2.75) is 39.0 Å². The highest BCUT2D eigenvalue weighted by atomic mass is 35.5. The van der Waals surface area contributed by atoms with Gasteiger partial charge in [0.05, 0.1) is 11.6 Å². The number of para-hydroxylation sites is 1. The molecule has 132 valence electrons. The molecule has 1 amide bonds. The van der Waals surface area contributed by atoms with Gasteiger partial charge in [-0.05, 0) is 26.0 Å².